The largest absolute Gasteiger partial charge is 0.481 e. The molecule has 0 unspecified atom stereocenters. The number of nitrogens with two attached hydrogens (primary N) is 2. The monoisotopic (exact) mass is 1460 g/mol. The Balaban J connectivity index is 1.51. The number of carboxylic acids is 2. The van der Waals surface area contributed by atoms with Crippen LogP contribution < -0.4 is 75.3 Å². The Bertz CT molecular complexity index is 3640. The summed E-state index contributed by atoms with van der Waals surface area (Å²) in [6.07, 6.45) is -1.75. The van der Waals surface area contributed by atoms with Crippen molar-refractivity contribution in [3.63, 3.8) is 0 Å². The highest BCUT2D eigenvalue weighted by molar-refractivity contribution is 6.00. The zero-order chi connectivity index (χ0) is 77.8. The fraction of sp³-hybridized carbons (Fsp3) is 0.529. The number of benzene rings is 2. The molecule has 0 spiro atoms. The van der Waals surface area contributed by atoms with Gasteiger partial charge in [0.1, 0.15) is 60.4 Å². The number of aromatic nitrogens is 3. The summed E-state index contributed by atoms with van der Waals surface area (Å²) in [6, 6.07) is -1.44. The van der Waals surface area contributed by atoms with Crippen molar-refractivity contribution in [3.05, 3.63) is 90.1 Å². The van der Waals surface area contributed by atoms with Gasteiger partial charge in [0.2, 0.25) is 76.8 Å². The number of nitrogens with zero attached hydrogens (tertiary/aromatic N) is 1. The number of H-pyrrole nitrogens is 2. The summed E-state index contributed by atoms with van der Waals surface area (Å²) in [5.74, 6) is -17.8. The Morgan fingerprint density at radius 1 is 0.471 bits per heavy atom. The number of carbonyl (C=O) groups is 15. The Morgan fingerprint density at radius 3 is 1.48 bits per heavy atom. The van der Waals surface area contributed by atoms with Gasteiger partial charge >= 0.3 is 11.9 Å². The molecule has 2 heterocycles. The van der Waals surface area contributed by atoms with E-state index in [-0.39, 0.29) is 43.2 Å². The molecule has 570 valence electrons. The van der Waals surface area contributed by atoms with E-state index in [4.69, 9.17) is 11.5 Å². The molecule has 36 heteroatoms. The number of amides is 13. The van der Waals surface area contributed by atoms with Crippen molar-refractivity contribution in [1.29, 1.82) is 0 Å². The van der Waals surface area contributed by atoms with Crippen LogP contribution in [0.4, 0.5) is 0 Å². The number of para-hydroxylation sites is 1. The highest BCUT2D eigenvalue weighted by atomic mass is 16.4. The number of aliphatic carboxylic acids is 2. The lowest BCUT2D eigenvalue weighted by Gasteiger charge is -2.30. The molecule has 22 N–H and O–H groups in total. The number of primary amides is 1. The summed E-state index contributed by atoms with van der Waals surface area (Å²) < 4.78 is 0. The first kappa shape index (κ1) is 85.5. The molecule has 0 aliphatic carbocycles. The summed E-state index contributed by atoms with van der Waals surface area (Å²) in [5.41, 5.74) is 13.4. The van der Waals surface area contributed by atoms with Crippen molar-refractivity contribution in [3.8, 4) is 0 Å². The predicted octanol–water partition coefficient (Wildman–Crippen LogP) is -4.07. The fourth-order valence-electron chi connectivity index (χ4n) is 10.6. The molecule has 0 aliphatic heterocycles. The maximum Gasteiger partial charge on any atom is 0.326 e. The second-order valence-electron chi connectivity index (χ2n) is 26.7. The van der Waals surface area contributed by atoms with Gasteiger partial charge in [-0.05, 0) is 67.6 Å². The molecule has 4 aromatic rings. The molecule has 0 saturated carbocycles. The maximum atomic E-state index is 14.6. The van der Waals surface area contributed by atoms with Gasteiger partial charge in [0.05, 0.1) is 49.8 Å². The number of aromatic amines is 2. The third-order valence-electron chi connectivity index (χ3n) is 16.4. The Kier molecular flexibility index (Phi) is 33.9. The summed E-state index contributed by atoms with van der Waals surface area (Å²) in [6.45, 7) is 13.4. The summed E-state index contributed by atoms with van der Waals surface area (Å²) in [7, 11) is 0. The van der Waals surface area contributed by atoms with Gasteiger partial charge in [-0.25, -0.2) is 9.78 Å². The van der Waals surface area contributed by atoms with E-state index in [0.717, 1.165) is 6.92 Å². The Labute approximate surface area is 599 Å². The summed E-state index contributed by atoms with van der Waals surface area (Å²) in [4.78, 5) is 212. The van der Waals surface area contributed by atoms with Gasteiger partial charge in [-0.2, -0.15) is 0 Å². The zero-order valence-electron chi connectivity index (χ0n) is 59.6. The molecule has 0 aliphatic rings. The number of aliphatic hydroxyl groups excluding tert-OH is 2. The smallest absolute Gasteiger partial charge is 0.326 e. The molecule has 36 nitrogen and oxygen atoms in total. The fourth-order valence-corrected chi connectivity index (χ4v) is 10.6. The number of rotatable bonds is 43. The number of nitrogens with one attached hydrogen (secondary N) is 14. The number of hydrogen-bond donors (Lipinski definition) is 20. The number of fused-ring (bicyclic) bond motifs is 1. The van der Waals surface area contributed by atoms with E-state index >= 15 is 0 Å². The van der Waals surface area contributed by atoms with E-state index in [1.54, 1.807) is 102 Å². The molecular weight excluding hydrogens is 1360 g/mol. The predicted molar refractivity (Wildman–Crippen MR) is 373 cm³/mol. The first-order valence-corrected chi connectivity index (χ1v) is 33.9. The minimum absolute atomic E-state index is 0.0632. The second-order valence-corrected chi connectivity index (χ2v) is 26.7. The van der Waals surface area contributed by atoms with Crippen LogP contribution in [0.15, 0.2) is 73.3 Å². The van der Waals surface area contributed by atoms with Gasteiger partial charge in [-0.15, -0.1) is 0 Å². The molecule has 4 rings (SSSR count). The molecule has 0 bridgehead atoms. The van der Waals surface area contributed by atoms with Gasteiger partial charge in [0.15, 0.2) is 0 Å². The quantitative estimate of drug-likeness (QED) is 0.0200. The summed E-state index contributed by atoms with van der Waals surface area (Å²) >= 11 is 0. The Morgan fingerprint density at radius 2 is 0.942 bits per heavy atom. The highest BCUT2D eigenvalue weighted by Gasteiger charge is 2.39. The van der Waals surface area contributed by atoms with E-state index < -0.39 is 212 Å². The van der Waals surface area contributed by atoms with Crippen LogP contribution in [-0.4, -0.2) is 216 Å². The molecule has 0 saturated heterocycles. The van der Waals surface area contributed by atoms with E-state index in [0.29, 0.717) is 22.0 Å². The lowest BCUT2D eigenvalue weighted by atomic mass is 9.98. The van der Waals surface area contributed by atoms with E-state index in [1.807, 2.05) is 0 Å². The van der Waals surface area contributed by atoms with Crippen LogP contribution in [0.5, 0.6) is 0 Å². The number of imidazole rings is 1. The first-order valence-electron chi connectivity index (χ1n) is 33.9. The van der Waals surface area contributed by atoms with Crippen molar-refractivity contribution < 1.29 is 92.3 Å². The normalized spacial score (nSPS) is 15.1. The average Bonchev–Trinajstić information content (AvgIpc) is 1.63. The minimum atomic E-state index is -1.87. The van der Waals surface area contributed by atoms with E-state index in [1.165, 1.54) is 33.3 Å². The zero-order valence-corrected chi connectivity index (χ0v) is 59.6. The van der Waals surface area contributed by atoms with Crippen LogP contribution in [0.1, 0.15) is 112 Å². The Hall–Kier alpha value is -10.9. The van der Waals surface area contributed by atoms with Crippen molar-refractivity contribution in [1.82, 2.24) is 78.8 Å². The number of carbonyl (C=O) groups excluding carboxylic acids is 13. The van der Waals surface area contributed by atoms with E-state index in [9.17, 15) is 92.3 Å². The minimum Gasteiger partial charge on any atom is -0.481 e. The molecular formula is C68H99N17O19. The van der Waals surface area contributed by atoms with E-state index in [2.05, 4.69) is 78.8 Å². The van der Waals surface area contributed by atoms with Crippen LogP contribution >= 0.6 is 0 Å². The molecule has 104 heavy (non-hydrogen) atoms. The van der Waals surface area contributed by atoms with Gasteiger partial charge in [0, 0.05) is 49.0 Å². The standard InChI is InChI=1S/C68H99N17O19/c1-32(2)22-44(63(98)83-54(34(5)6)65(100)85-57(37(10)87)67(102)84-55(35(7)8)68(103)104)81-66(101)56(36(9)86)82-51(90)30-73-58(93)43(20-21-49(69)88)76-50(89)29-74-59(94)46(24-39-27-72-42-19-15-14-18-41(39)42)77-61(96)47(25-40-28-71-31-75-40)78-62(97)48(26-52(91)92)79-60(95)45(23-38-16-12-11-13-17-38)80-64(99)53(70)33(3)4/h11-19,27-28,31-37,43-48,53-57,72,86-87H,20-26,29-30,70H2,1-10H3,(H2,69,88)(H,71,75)(H,73,93)(H,74,94)(H,76,89)(H,77,96)(H,78,97)(H,79,95)(H,80,99)(H,81,101)(H,82,90)(H,83,98)(H,84,102)(H,85,100)(H,91,92)(H,103,104)/t36-,37-,43+,44+,45+,46+,47+,48+,53+,54+,55+,56+,57+/m1/s1. The van der Waals surface area contributed by atoms with Gasteiger partial charge < -0.3 is 106 Å². The van der Waals surface area contributed by atoms with Gasteiger partial charge in [-0.1, -0.05) is 104 Å². The van der Waals surface area contributed by atoms with Crippen molar-refractivity contribution in [2.75, 3.05) is 13.1 Å². The van der Waals surface area contributed by atoms with Gasteiger partial charge in [0.25, 0.3) is 0 Å². The topological polar surface area (TPSA) is 578 Å². The molecule has 2 aromatic carbocycles. The van der Waals surface area contributed by atoms with Crippen LogP contribution in [-0.2, 0) is 91.2 Å². The van der Waals surface area contributed by atoms with Crippen LogP contribution in [0.25, 0.3) is 10.9 Å². The third-order valence-corrected chi connectivity index (χ3v) is 16.4. The van der Waals surface area contributed by atoms with Crippen LogP contribution in [0, 0.1) is 23.7 Å². The number of carboxylic acid groups (broad SMARTS) is 2. The van der Waals surface area contributed by atoms with Gasteiger partial charge in [-0.3, -0.25) is 67.1 Å². The lowest BCUT2D eigenvalue weighted by Crippen LogP contribution is -2.62. The second kappa shape index (κ2) is 41.3. The molecule has 2 aromatic heterocycles. The molecule has 0 fully saturated rings. The highest BCUT2D eigenvalue weighted by Crippen LogP contribution is 2.20. The molecule has 13 atom stereocenters. The van der Waals surface area contributed by atoms with Crippen molar-refractivity contribution in [2.45, 2.75) is 193 Å². The third kappa shape index (κ3) is 27.8. The maximum absolute atomic E-state index is 14.6. The lowest BCUT2D eigenvalue weighted by molar-refractivity contribution is -0.144. The SMILES string of the molecule is CC(C)C[C@H](NC(=O)[C@@H](NC(=O)CNC(=O)[C@H](CCC(N)=O)NC(=O)CNC(=O)[C@H](Cc1c[nH]c2ccccc12)NC(=O)[C@H](Cc1c[nH]cn1)NC(=O)[C@H](CC(=O)O)NC(=O)[C@H](Cc1ccccc1)NC(=O)[C@@H](N)C(C)C)[C@@H](C)O)C(=O)N[C@H](C(=O)N[C@H](C(=O)N[C@H](C(=O)O)C(C)C)[C@@H](C)O)C(C)C. The molecule has 0 radical (unpaired) electrons. The van der Waals surface area contributed by atoms with Crippen molar-refractivity contribution in [2.24, 2.45) is 35.1 Å². The number of hydrogen-bond acceptors (Lipinski definition) is 19. The van der Waals surface area contributed by atoms with Crippen molar-refractivity contribution >= 4 is 99.6 Å². The van der Waals surface area contributed by atoms with Crippen LogP contribution in [0.2, 0.25) is 0 Å². The number of aliphatic hydroxyl groups is 2. The summed E-state index contributed by atoms with van der Waals surface area (Å²) in [5, 5.41) is 70.4. The average molecular weight is 1460 g/mol. The molecule has 13 amide bonds. The van der Waals surface area contributed by atoms with Crippen LogP contribution in [0.3, 0.4) is 0 Å². The first-order chi connectivity index (χ1) is 48.9.